The summed E-state index contributed by atoms with van der Waals surface area (Å²) in [7, 11) is 0. The first-order valence-electron chi connectivity index (χ1n) is 6.82. The molecule has 0 unspecified atom stereocenters. The predicted molar refractivity (Wildman–Crippen MR) is 84.8 cm³/mol. The summed E-state index contributed by atoms with van der Waals surface area (Å²) < 4.78 is 13.6. The average Bonchev–Trinajstić information content (AvgIpc) is 2.44. The van der Waals surface area contributed by atoms with Gasteiger partial charge in [0.15, 0.2) is 0 Å². The Morgan fingerprint density at radius 1 is 1.05 bits per heavy atom. The van der Waals surface area contributed by atoms with Gasteiger partial charge in [0, 0.05) is 17.0 Å². The Morgan fingerprint density at radius 3 is 2.10 bits per heavy atom. The monoisotopic (exact) mass is 278 g/mol. The maximum absolute atomic E-state index is 13.6. The summed E-state index contributed by atoms with van der Waals surface area (Å²) >= 11 is 0. The van der Waals surface area contributed by atoms with E-state index in [-0.39, 0.29) is 11.5 Å². The topological polar surface area (TPSA) is 40.5 Å². The average molecular weight is 278 g/mol. The molecule has 2 N–H and O–H groups in total. The van der Waals surface area contributed by atoms with E-state index in [0.717, 1.165) is 6.07 Å². The SMILES string of the molecule is C=Cc1c(F)cc(O)c2cc(O)cc(C)c12.CC.CC. The molecule has 2 aromatic carbocycles. The maximum Gasteiger partial charge on any atom is 0.134 e. The van der Waals surface area contributed by atoms with Crippen molar-refractivity contribution < 1.29 is 14.6 Å². The molecule has 0 bridgehead atoms. The lowest BCUT2D eigenvalue weighted by molar-refractivity contribution is 0.468. The highest BCUT2D eigenvalue weighted by atomic mass is 19.1. The number of fused-ring (bicyclic) bond motifs is 1. The van der Waals surface area contributed by atoms with E-state index in [1.54, 1.807) is 6.92 Å². The van der Waals surface area contributed by atoms with Crippen LogP contribution in [0.15, 0.2) is 24.8 Å². The van der Waals surface area contributed by atoms with Gasteiger partial charge in [0.2, 0.25) is 0 Å². The second-order valence-corrected chi connectivity index (χ2v) is 3.68. The Kier molecular flexibility index (Phi) is 7.37. The minimum absolute atomic E-state index is 0.0434. The van der Waals surface area contributed by atoms with Crippen molar-refractivity contribution >= 4 is 16.8 Å². The van der Waals surface area contributed by atoms with E-state index in [2.05, 4.69) is 6.58 Å². The Labute approximate surface area is 120 Å². The highest BCUT2D eigenvalue weighted by molar-refractivity contribution is 5.98. The maximum atomic E-state index is 13.6. The molecule has 0 heterocycles. The fourth-order valence-corrected chi connectivity index (χ4v) is 1.92. The van der Waals surface area contributed by atoms with Crippen molar-refractivity contribution in [3.8, 4) is 11.5 Å². The fourth-order valence-electron chi connectivity index (χ4n) is 1.92. The number of aryl methyl sites for hydroxylation is 1. The predicted octanol–water partition coefficient (Wildman–Crippen LogP) is 5.39. The summed E-state index contributed by atoms with van der Waals surface area (Å²) in [5, 5.41) is 20.1. The molecule has 20 heavy (non-hydrogen) atoms. The van der Waals surface area contributed by atoms with E-state index in [9.17, 15) is 14.6 Å². The molecule has 0 spiro atoms. The third-order valence-electron chi connectivity index (χ3n) is 2.59. The van der Waals surface area contributed by atoms with Crippen molar-refractivity contribution in [1.82, 2.24) is 0 Å². The van der Waals surface area contributed by atoms with Crippen molar-refractivity contribution in [3.63, 3.8) is 0 Å². The van der Waals surface area contributed by atoms with Crippen LogP contribution in [-0.2, 0) is 0 Å². The first-order valence-corrected chi connectivity index (χ1v) is 6.82. The van der Waals surface area contributed by atoms with Crippen LogP contribution >= 0.6 is 0 Å². The number of phenols is 2. The lowest BCUT2D eigenvalue weighted by Gasteiger charge is -2.10. The van der Waals surface area contributed by atoms with E-state index < -0.39 is 5.82 Å². The molecule has 0 aliphatic heterocycles. The van der Waals surface area contributed by atoms with Gasteiger partial charge >= 0.3 is 0 Å². The normalized spacial score (nSPS) is 9.10. The Hall–Kier alpha value is -2.03. The van der Waals surface area contributed by atoms with Crippen LogP contribution in [0.2, 0.25) is 0 Å². The second-order valence-electron chi connectivity index (χ2n) is 3.68. The third-order valence-corrected chi connectivity index (χ3v) is 2.59. The molecular weight excluding hydrogens is 255 g/mol. The van der Waals surface area contributed by atoms with Gasteiger partial charge in [-0.15, -0.1) is 0 Å². The van der Waals surface area contributed by atoms with Gasteiger partial charge in [0.1, 0.15) is 17.3 Å². The summed E-state index contributed by atoms with van der Waals surface area (Å²) in [6.45, 7) is 13.3. The number of hydrogen-bond acceptors (Lipinski definition) is 2. The molecule has 2 nitrogen and oxygen atoms in total. The molecule has 0 radical (unpaired) electrons. The molecule has 0 fully saturated rings. The zero-order valence-corrected chi connectivity index (χ0v) is 12.8. The van der Waals surface area contributed by atoms with Crippen molar-refractivity contribution in [3.05, 3.63) is 41.7 Å². The molecule has 0 aliphatic rings. The molecule has 0 aliphatic carbocycles. The van der Waals surface area contributed by atoms with Crippen LogP contribution in [0.4, 0.5) is 4.39 Å². The van der Waals surface area contributed by atoms with Crippen molar-refractivity contribution in [2.24, 2.45) is 0 Å². The van der Waals surface area contributed by atoms with Crippen molar-refractivity contribution in [2.75, 3.05) is 0 Å². The molecule has 0 amide bonds. The van der Waals surface area contributed by atoms with Crippen LogP contribution in [-0.4, -0.2) is 10.2 Å². The molecule has 0 saturated carbocycles. The van der Waals surface area contributed by atoms with E-state index in [0.29, 0.717) is 21.9 Å². The standard InChI is InChI=1S/C13H11FO2.2C2H6/c1-3-9-11(14)6-12(16)10-5-8(15)4-7(2)13(9)10;2*1-2/h3-6,15-16H,1H2,2H3;2*1-2H3. The first kappa shape index (κ1) is 18.0. The van der Waals surface area contributed by atoms with Crippen LogP contribution in [0.3, 0.4) is 0 Å². The van der Waals surface area contributed by atoms with Gasteiger partial charge in [0.05, 0.1) is 0 Å². The third kappa shape index (κ3) is 3.50. The number of rotatable bonds is 1. The highest BCUT2D eigenvalue weighted by Crippen LogP contribution is 2.35. The zero-order chi connectivity index (χ0) is 15.9. The van der Waals surface area contributed by atoms with Gasteiger partial charge in [-0.3, -0.25) is 0 Å². The molecule has 2 aromatic rings. The lowest BCUT2D eigenvalue weighted by Crippen LogP contribution is -1.89. The summed E-state index contributed by atoms with van der Waals surface area (Å²) in [4.78, 5) is 0. The smallest absolute Gasteiger partial charge is 0.134 e. The highest BCUT2D eigenvalue weighted by Gasteiger charge is 2.12. The van der Waals surface area contributed by atoms with Crippen LogP contribution in [0, 0.1) is 12.7 Å². The van der Waals surface area contributed by atoms with E-state index in [1.807, 2.05) is 27.7 Å². The van der Waals surface area contributed by atoms with Crippen LogP contribution < -0.4 is 0 Å². The first-order chi connectivity index (χ1) is 9.54. The van der Waals surface area contributed by atoms with Gasteiger partial charge < -0.3 is 10.2 Å². The van der Waals surface area contributed by atoms with Gasteiger partial charge in [-0.25, -0.2) is 4.39 Å². The minimum atomic E-state index is -0.520. The van der Waals surface area contributed by atoms with E-state index >= 15 is 0 Å². The minimum Gasteiger partial charge on any atom is -0.508 e. The van der Waals surface area contributed by atoms with Gasteiger partial charge in [-0.1, -0.05) is 40.3 Å². The summed E-state index contributed by atoms with van der Waals surface area (Å²) in [6.07, 6.45) is 1.40. The molecule has 0 atom stereocenters. The van der Waals surface area contributed by atoms with Crippen LogP contribution in [0.1, 0.15) is 38.8 Å². The van der Waals surface area contributed by atoms with Gasteiger partial charge in [0.25, 0.3) is 0 Å². The Bertz CT molecular complexity index is 589. The molecule has 0 saturated heterocycles. The molecule has 0 aromatic heterocycles. The number of halogens is 1. The second kappa shape index (κ2) is 8.20. The van der Waals surface area contributed by atoms with Crippen LogP contribution in [0.5, 0.6) is 11.5 Å². The lowest BCUT2D eigenvalue weighted by atomic mass is 9.98. The van der Waals surface area contributed by atoms with Crippen molar-refractivity contribution in [2.45, 2.75) is 34.6 Å². The Morgan fingerprint density at radius 2 is 1.60 bits per heavy atom. The van der Waals surface area contributed by atoms with E-state index in [1.165, 1.54) is 18.2 Å². The largest absolute Gasteiger partial charge is 0.508 e. The number of aromatic hydroxyl groups is 2. The van der Waals surface area contributed by atoms with Crippen molar-refractivity contribution in [1.29, 1.82) is 0 Å². The quantitative estimate of drug-likeness (QED) is 0.733. The zero-order valence-electron chi connectivity index (χ0n) is 12.8. The Balaban J connectivity index is 0.000000829. The molecule has 110 valence electrons. The molecule has 3 heteroatoms. The van der Waals surface area contributed by atoms with Gasteiger partial charge in [-0.2, -0.15) is 0 Å². The number of benzene rings is 2. The number of phenolic OH excluding ortho intramolecular Hbond substituents is 2. The molecular formula is C17H23FO2. The van der Waals surface area contributed by atoms with Gasteiger partial charge in [-0.05, 0) is 30.0 Å². The number of hydrogen-bond donors (Lipinski definition) is 2. The van der Waals surface area contributed by atoms with E-state index in [4.69, 9.17) is 0 Å². The fraction of sp³-hybridized carbons (Fsp3) is 0.294. The molecule has 2 rings (SSSR count). The summed E-state index contributed by atoms with van der Waals surface area (Å²) in [5.74, 6) is -0.659. The summed E-state index contributed by atoms with van der Waals surface area (Å²) in [6, 6.07) is 3.95. The van der Waals surface area contributed by atoms with Crippen LogP contribution in [0.25, 0.3) is 16.8 Å². The summed E-state index contributed by atoms with van der Waals surface area (Å²) in [5.41, 5.74) is 1.03.